The maximum atomic E-state index is 2.24. The molecule has 2 rings (SSSR count). The first-order valence-electron chi connectivity index (χ1n) is 3.71. The first-order valence-corrected chi connectivity index (χ1v) is 3.71. The summed E-state index contributed by atoms with van der Waals surface area (Å²) in [5.41, 5.74) is 2.89. The number of aryl methyl sites for hydroxylation is 1. The van der Waals surface area contributed by atoms with E-state index in [0.717, 1.165) is 0 Å². The summed E-state index contributed by atoms with van der Waals surface area (Å²) in [4.78, 5) is 0. The molecule has 1 aliphatic rings. The minimum Gasteiger partial charge on any atom is -1.00 e. The maximum Gasteiger partial charge on any atom is 1.00 e. The molecule has 1 aliphatic carbocycles. The number of fused-ring (bicyclic) bond motifs is 1. The van der Waals surface area contributed by atoms with E-state index in [9.17, 15) is 0 Å². The van der Waals surface area contributed by atoms with E-state index in [1.807, 2.05) is 0 Å². The number of hydrogen-bond donors (Lipinski definition) is 0. The molecule has 11 heavy (non-hydrogen) atoms. The zero-order chi connectivity index (χ0) is 6.81. The van der Waals surface area contributed by atoms with Crippen molar-refractivity contribution in [3.63, 3.8) is 0 Å². The van der Waals surface area contributed by atoms with Gasteiger partial charge < -0.3 is 1.43 Å². The van der Waals surface area contributed by atoms with Gasteiger partial charge in [0.05, 0.1) is 0 Å². The standard InChI is InChI=1S/C10H10.Na.H/c1-2-6-10-8-4-3-7-9(10)5-1;;/h1-3,5-7H,4,8H2;;/q;+1;-1. The van der Waals surface area contributed by atoms with Crippen LogP contribution in [0.15, 0.2) is 30.3 Å². The Balaban J connectivity index is 0.000000605. The zero-order valence-corrected chi connectivity index (χ0v) is 8.88. The van der Waals surface area contributed by atoms with Gasteiger partial charge in [-0.25, -0.2) is 0 Å². The van der Waals surface area contributed by atoms with Gasteiger partial charge in [-0.15, -0.1) is 0 Å². The summed E-state index contributed by atoms with van der Waals surface area (Å²) < 4.78 is 0. The van der Waals surface area contributed by atoms with E-state index in [4.69, 9.17) is 0 Å². The summed E-state index contributed by atoms with van der Waals surface area (Å²) in [7, 11) is 0. The van der Waals surface area contributed by atoms with Crippen LogP contribution >= 0.6 is 0 Å². The van der Waals surface area contributed by atoms with Crippen LogP contribution < -0.4 is 29.6 Å². The van der Waals surface area contributed by atoms with Crippen molar-refractivity contribution < 1.29 is 31.0 Å². The Morgan fingerprint density at radius 1 is 1.18 bits per heavy atom. The first-order chi connectivity index (χ1) is 4.97. The Labute approximate surface area is 91.1 Å². The van der Waals surface area contributed by atoms with Gasteiger partial charge in [0.25, 0.3) is 0 Å². The minimum absolute atomic E-state index is 0. The Kier molecular flexibility index (Phi) is 3.38. The molecule has 0 spiro atoms. The van der Waals surface area contributed by atoms with Crippen LogP contribution in [0.3, 0.4) is 0 Å². The monoisotopic (exact) mass is 154 g/mol. The fourth-order valence-corrected chi connectivity index (χ4v) is 1.37. The molecular formula is C10H11Na. The number of allylic oxidation sites excluding steroid dienone is 1. The molecule has 1 aromatic carbocycles. The molecule has 0 fully saturated rings. The smallest absolute Gasteiger partial charge is 1.00 e. The molecule has 1 heteroatoms. The van der Waals surface area contributed by atoms with E-state index in [1.54, 1.807) is 0 Å². The van der Waals surface area contributed by atoms with Crippen LogP contribution in [0.2, 0.25) is 0 Å². The minimum atomic E-state index is 0. The molecule has 0 aromatic heterocycles. The van der Waals surface area contributed by atoms with Gasteiger partial charge in [0.1, 0.15) is 0 Å². The van der Waals surface area contributed by atoms with Gasteiger partial charge >= 0.3 is 29.6 Å². The average Bonchev–Trinajstić information content (AvgIpc) is 2.05. The van der Waals surface area contributed by atoms with Crippen molar-refractivity contribution in [2.75, 3.05) is 0 Å². The second-order valence-corrected chi connectivity index (χ2v) is 2.64. The molecule has 0 amide bonds. The molecule has 0 unspecified atom stereocenters. The molecule has 0 heterocycles. The third kappa shape index (κ3) is 1.96. The van der Waals surface area contributed by atoms with Crippen molar-refractivity contribution in [1.82, 2.24) is 0 Å². The SMILES string of the molecule is C1=Cc2ccccc2CC1.[H-].[Na+]. The molecular weight excluding hydrogens is 143 g/mol. The van der Waals surface area contributed by atoms with Crippen molar-refractivity contribution in [1.29, 1.82) is 0 Å². The third-order valence-electron chi connectivity index (χ3n) is 1.93. The van der Waals surface area contributed by atoms with Gasteiger partial charge in [0.15, 0.2) is 0 Å². The molecule has 0 aliphatic heterocycles. The molecule has 0 radical (unpaired) electrons. The topological polar surface area (TPSA) is 0 Å². The Bertz CT molecular complexity index is 268. The van der Waals surface area contributed by atoms with E-state index in [1.165, 1.54) is 24.0 Å². The number of benzene rings is 1. The van der Waals surface area contributed by atoms with Crippen LogP contribution in [0.5, 0.6) is 0 Å². The van der Waals surface area contributed by atoms with Gasteiger partial charge in [0, 0.05) is 0 Å². The number of hydrogen-bond acceptors (Lipinski definition) is 0. The van der Waals surface area contributed by atoms with E-state index in [2.05, 4.69) is 36.4 Å². The summed E-state index contributed by atoms with van der Waals surface area (Å²) in [6, 6.07) is 8.58. The molecule has 0 nitrogen and oxygen atoms in total. The van der Waals surface area contributed by atoms with E-state index >= 15 is 0 Å². The molecule has 0 bridgehead atoms. The van der Waals surface area contributed by atoms with Gasteiger partial charge in [-0.3, -0.25) is 0 Å². The van der Waals surface area contributed by atoms with Crippen LogP contribution in [-0.2, 0) is 6.42 Å². The fraction of sp³-hybridized carbons (Fsp3) is 0.200. The van der Waals surface area contributed by atoms with E-state index < -0.39 is 0 Å². The largest absolute Gasteiger partial charge is 1.00 e. The number of rotatable bonds is 0. The Hall–Kier alpha value is -0.0400. The van der Waals surface area contributed by atoms with Gasteiger partial charge in [0.2, 0.25) is 0 Å². The van der Waals surface area contributed by atoms with Crippen molar-refractivity contribution in [2.24, 2.45) is 0 Å². The fourth-order valence-electron chi connectivity index (χ4n) is 1.37. The predicted octanol–water partition coefficient (Wildman–Crippen LogP) is -0.238. The van der Waals surface area contributed by atoms with Gasteiger partial charge in [-0.05, 0) is 24.0 Å². The van der Waals surface area contributed by atoms with Crippen LogP contribution in [0.4, 0.5) is 0 Å². The second-order valence-electron chi connectivity index (χ2n) is 2.64. The summed E-state index contributed by atoms with van der Waals surface area (Å²) >= 11 is 0. The van der Waals surface area contributed by atoms with Crippen molar-refractivity contribution in [3.05, 3.63) is 41.5 Å². The summed E-state index contributed by atoms with van der Waals surface area (Å²) in [5, 5.41) is 0. The second kappa shape index (κ2) is 4.10. The van der Waals surface area contributed by atoms with Crippen LogP contribution in [0, 0.1) is 0 Å². The molecule has 1 aromatic rings. The predicted molar refractivity (Wildman–Crippen MR) is 44.9 cm³/mol. The van der Waals surface area contributed by atoms with Crippen molar-refractivity contribution in [2.45, 2.75) is 12.8 Å². The average molecular weight is 154 g/mol. The quantitative estimate of drug-likeness (QED) is 0.452. The Morgan fingerprint density at radius 3 is 2.82 bits per heavy atom. The van der Waals surface area contributed by atoms with Crippen LogP contribution in [0.1, 0.15) is 19.0 Å². The van der Waals surface area contributed by atoms with E-state index in [0.29, 0.717) is 0 Å². The zero-order valence-electron chi connectivity index (χ0n) is 7.88. The van der Waals surface area contributed by atoms with Crippen LogP contribution in [-0.4, -0.2) is 0 Å². The van der Waals surface area contributed by atoms with Crippen molar-refractivity contribution >= 4 is 6.08 Å². The molecule has 0 N–H and O–H groups in total. The van der Waals surface area contributed by atoms with E-state index in [-0.39, 0.29) is 31.0 Å². The van der Waals surface area contributed by atoms with Crippen molar-refractivity contribution in [3.8, 4) is 0 Å². The summed E-state index contributed by atoms with van der Waals surface area (Å²) in [6.07, 6.45) is 6.87. The Morgan fingerprint density at radius 2 is 2.00 bits per heavy atom. The third-order valence-corrected chi connectivity index (χ3v) is 1.93. The van der Waals surface area contributed by atoms with Gasteiger partial charge in [-0.2, -0.15) is 0 Å². The van der Waals surface area contributed by atoms with Gasteiger partial charge in [-0.1, -0.05) is 36.4 Å². The summed E-state index contributed by atoms with van der Waals surface area (Å²) in [6.45, 7) is 0. The molecule has 52 valence electrons. The molecule has 0 saturated heterocycles. The maximum absolute atomic E-state index is 2.24. The summed E-state index contributed by atoms with van der Waals surface area (Å²) in [5.74, 6) is 0. The first kappa shape index (κ1) is 9.05. The molecule has 0 saturated carbocycles. The molecule has 0 atom stereocenters. The van der Waals surface area contributed by atoms with Crippen LogP contribution in [0.25, 0.3) is 6.08 Å². The normalized spacial score (nSPS) is 13.5.